The molecule has 0 atom stereocenters. The zero-order chi connectivity index (χ0) is 12.1. The number of aromatic carboxylic acids is 1. The van der Waals surface area contributed by atoms with Gasteiger partial charge in [-0.2, -0.15) is 5.10 Å². The van der Waals surface area contributed by atoms with Crippen molar-refractivity contribution in [1.82, 2.24) is 9.78 Å². The van der Waals surface area contributed by atoms with Crippen molar-refractivity contribution < 1.29 is 14.7 Å². The van der Waals surface area contributed by atoms with Gasteiger partial charge in [0.15, 0.2) is 11.5 Å². The van der Waals surface area contributed by atoms with Crippen LogP contribution in [0.1, 0.15) is 53.2 Å². The van der Waals surface area contributed by atoms with Gasteiger partial charge in [-0.25, -0.2) is 4.79 Å². The van der Waals surface area contributed by atoms with E-state index in [4.69, 9.17) is 5.11 Å². The lowest BCUT2D eigenvalue weighted by molar-refractivity contribution is 0.0686. The zero-order valence-electron chi connectivity index (χ0n) is 9.57. The number of aryl methyl sites for hydroxylation is 1. The van der Waals surface area contributed by atoms with E-state index in [-0.39, 0.29) is 16.9 Å². The second-order valence-electron chi connectivity index (χ2n) is 4.81. The molecule has 0 saturated heterocycles. The largest absolute Gasteiger partial charge is 0.476 e. The number of hydrogen-bond acceptors (Lipinski definition) is 3. The highest BCUT2D eigenvalue weighted by Crippen LogP contribution is 2.38. The van der Waals surface area contributed by atoms with Gasteiger partial charge >= 0.3 is 5.97 Å². The smallest absolute Gasteiger partial charge is 0.356 e. The van der Waals surface area contributed by atoms with Crippen molar-refractivity contribution >= 4 is 11.8 Å². The van der Waals surface area contributed by atoms with Crippen LogP contribution in [0.3, 0.4) is 0 Å². The molecule has 1 aliphatic rings. The van der Waals surface area contributed by atoms with Crippen molar-refractivity contribution in [1.29, 1.82) is 0 Å². The third-order valence-electron chi connectivity index (χ3n) is 3.17. The Morgan fingerprint density at radius 2 is 2.12 bits per heavy atom. The van der Waals surface area contributed by atoms with E-state index >= 15 is 0 Å². The monoisotopic (exact) mass is 222 g/mol. The standard InChI is InChI=1S/C11H14N2O3/c1-11(2)5-4-6(14)9-7(11)8(10(15)16)12-13(9)3/h4-5H2,1-3H3,(H,15,16). The molecule has 0 fully saturated rings. The molecule has 16 heavy (non-hydrogen) atoms. The van der Waals surface area contributed by atoms with E-state index in [1.807, 2.05) is 13.8 Å². The third kappa shape index (κ3) is 1.35. The molecule has 86 valence electrons. The van der Waals surface area contributed by atoms with Crippen molar-refractivity contribution in [2.75, 3.05) is 0 Å². The molecular formula is C11H14N2O3. The molecule has 1 aromatic rings. The predicted molar refractivity (Wildman–Crippen MR) is 56.8 cm³/mol. The van der Waals surface area contributed by atoms with E-state index in [0.717, 1.165) is 0 Å². The summed E-state index contributed by atoms with van der Waals surface area (Å²) in [6, 6.07) is 0. The van der Waals surface area contributed by atoms with Crippen LogP contribution >= 0.6 is 0 Å². The van der Waals surface area contributed by atoms with Crippen molar-refractivity contribution in [3.05, 3.63) is 17.0 Å². The number of carbonyl (C=O) groups excluding carboxylic acids is 1. The Kier molecular flexibility index (Phi) is 2.15. The highest BCUT2D eigenvalue weighted by atomic mass is 16.4. The fourth-order valence-electron chi connectivity index (χ4n) is 2.30. The molecule has 5 nitrogen and oxygen atoms in total. The second kappa shape index (κ2) is 3.17. The van der Waals surface area contributed by atoms with Gasteiger partial charge in [-0.05, 0) is 11.8 Å². The Morgan fingerprint density at radius 1 is 1.50 bits per heavy atom. The molecule has 0 aromatic carbocycles. The maximum Gasteiger partial charge on any atom is 0.356 e. The van der Waals surface area contributed by atoms with E-state index in [1.165, 1.54) is 4.68 Å². The van der Waals surface area contributed by atoms with Crippen molar-refractivity contribution in [3.63, 3.8) is 0 Å². The molecular weight excluding hydrogens is 208 g/mol. The number of aromatic nitrogens is 2. The van der Waals surface area contributed by atoms with Gasteiger partial charge in [0.1, 0.15) is 5.69 Å². The number of rotatable bonds is 1. The highest BCUT2D eigenvalue weighted by molar-refractivity contribution is 6.01. The fourth-order valence-corrected chi connectivity index (χ4v) is 2.30. The first-order valence-corrected chi connectivity index (χ1v) is 5.18. The average Bonchev–Trinajstić information content (AvgIpc) is 2.52. The number of carbonyl (C=O) groups is 2. The summed E-state index contributed by atoms with van der Waals surface area (Å²) in [5.41, 5.74) is 0.744. The first-order chi connectivity index (χ1) is 7.34. The Balaban J connectivity index is 2.76. The molecule has 1 heterocycles. The summed E-state index contributed by atoms with van der Waals surface area (Å²) in [6.45, 7) is 3.90. The van der Waals surface area contributed by atoms with E-state index in [0.29, 0.717) is 24.1 Å². The Morgan fingerprint density at radius 3 is 2.69 bits per heavy atom. The van der Waals surface area contributed by atoms with Crippen molar-refractivity contribution in [2.45, 2.75) is 32.1 Å². The predicted octanol–water partition coefficient (Wildman–Crippen LogP) is 1.37. The molecule has 0 radical (unpaired) electrons. The van der Waals surface area contributed by atoms with Gasteiger partial charge in [-0.3, -0.25) is 9.48 Å². The van der Waals surface area contributed by atoms with Gasteiger partial charge in [0.05, 0.1) is 0 Å². The molecule has 0 spiro atoms. The maximum absolute atomic E-state index is 11.8. The van der Waals surface area contributed by atoms with Crippen LogP contribution in [0.25, 0.3) is 0 Å². The molecule has 0 bridgehead atoms. The summed E-state index contributed by atoms with van der Waals surface area (Å²) in [4.78, 5) is 22.9. The minimum Gasteiger partial charge on any atom is -0.476 e. The van der Waals surface area contributed by atoms with E-state index in [9.17, 15) is 9.59 Å². The molecule has 0 unspecified atom stereocenters. The molecule has 0 amide bonds. The van der Waals surface area contributed by atoms with Crippen LogP contribution in [-0.4, -0.2) is 26.6 Å². The van der Waals surface area contributed by atoms with Crippen LogP contribution < -0.4 is 0 Å². The van der Waals surface area contributed by atoms with Gasteiger partial charge in [0.25, 0.3) is 0 Å². The molecule has 0 saturated carbocycles. The van der Waals surface area contributed by atoms with Gasteiger partial charge in [-0.1, -0.05) is 13.8 Å². The average molecular weight is 222 g/mol. The van der Waals surface area contributed by atoms with Crippen molar-refractivity contribution in [2.24, 2.45) is 7.05 Å². The normalized spacial score (nSPS) is 18.3. The molecule has 2 rings (SSSR count). The van der Waals surface area contributed by atoms with Crippen molar-refractivity contribution in [3.8, 4) is 0 Å². The first kappa shape index (κ1) is 10.9. The number of fused-ring (bicyclic) bond motifs is 1. The SMILES string of the molecule is Cn1nc(C(=O)O)c2c1C(=O)CCC2(C)C. The van der Waals surface area contributed by atoms with Gasteiger partial charge < -0.3 is 5.11 Å². The van der Waals surface area contributed by atoms with Crippen LogP contribution in [0.2, 0.25) is 0 Å². The van der Waals surface area contributed by atoms with E-state index in [2.05, 4.69) is 5.10 Å². The fraction of sp³-hybridized carbons (Fsp3) is 0.545. The van der Waals surface area contributed by atoms with Gasteiger partial charge in [-0.15, -0.1) is 0 Å². The number of nitrogens with zero attached hydrogens (tertiary/aromatic N) is 2. The quantitative estimate of drug-likeness (QED) is 0.779. The highest BCUT2D eigenvalue weighted by Gasteiger charge is 2.39. The summed E-state index contributed by atoms with van der Waals surface area (Å²) in [5, 5.41) is 13.0. The van der Waals surface area contributed by atoms with E-state index < -0.39 is 5.97 Å². The minimum absolute atomic E-state index is 0.00977. The minimum atomic E-state index is -1.07. The third-order valence-corrected chi connectivity index (χ3v) is 3.17. The number of carboxylic acids is 1. The Bertz CT molecular complexity index is 486. The molecule has 1 N–H and O–H groups in total. The summed E-state index contributed by atoms with van der Waals surface area (Å²) in [6.07, 6.45) is 1.13. The molecule has 5 heteroatoms. The zero-order valence-corrected chi connectivity index (χ0v) is 9.57. The molecule has 1 aliphatic carbocycles. The lowest BCUT2D eigenvalue weighted by Crippen LogP contribution is -2.29. The first-order valence-electron chi connectivity index (χ1n) is 5.18. The van der Waals surface area contributed by atoms with Crippen LogP contribution in [-0.2, 0) is 12.5 Å². The van der Waals surface area contributed by atoms with Crippen LogP contribution in [0.15, 0.2) is 0 Å². The van der Waals surface area contributed by atoms with Crippen LogP contribution in [0.4, 0.5) is 0 Å². The Labute approximate surface area is 93.1 Å². The number of ketones is 1. The summed E-state index contributed by atoms with van der Waals surface area (Å²) in [7, 11) is 1.62. The van der Waals surface area contributed by atoms with Gasteiger partial charge in [0, 0.05) is 19.0 Å². The summed E-state index contributed by atoms with van der Waals surface area (Å²) in [5.74, 6) is -1.09. The second-order valence-corrected chi connectivity index (χ2v) is 4.81. The Hall–Kier alpha value is -1.65. The number of hydrogen-bond donors (Lipinski definition) is 1. The van der Waals surface area contributed by atoms with Crippen LogP contribution in [0, 0.1) is 0 Å². The molecule has 0 aliphatic heterocycles. The van der Waals surface area contributed by atoms with Gasteiger partial charge in [0.2, 0.25) is 0 Å². The summed E-state index contributed by atoms with van der Waals surface area (Å²) >= 11 is 0. The topological polar surface area (TPSA) is 72.2 Å². The van der Waals surface area contributed by atoms with E-state index in [1.54, 1.807) is 7.05 Å². The summed E-state index contributed by atoms with van der Waals surface area (Å²) < 4.78 is 1.39. The lowest BCUT2D eigenvalue weighted by Gasteiger charge is -2.29. The number of Topliss-reactive ketones (excluding diaryl/α,β-unsaturated/α-hetero) is 1. The lowest BCUT2D eigenvalue weighted by atomic mass is 9.74. The van der Waals surface area contributed by atoms with Crippen LogP contribution in [0.5, 0.6) is 0 Å². The number of carboxylic acid groups (broad SMARTS) is 1. The molecule has 1 aromatic heterocycles. The maximum atomic E-state index is 11.8.